The Morgan fingerprint density at radius 3 is 2.48 bits per heavy atom. The van der Waals surface area contributed by atoms with Gasteiger partial charge in [-0.25, -0.2) is 13.1 Å². The third-order valence-electron chi connectivity index (χ3n) is 3.84. The van der Waals surface area contributed by atoms with Gasteiger partial charge in [0.1, 0.15) is 0 Å². The van der Waals surface area contributed by atoms with Crippen LogP contribution < -0.4 is 4.72 Å². The Kier molecular flexibility index (Phi) is 5.79. The monoisotopic (exact) mass is 311 g/mol. The lowest BCUT2D eigenvalue weighted by atomic mass is 10.1. The number of hydrogen-bond donors (Lipinski definition) is 1. The summed E-state index contributed by atoms with van der Waals surface area (Å²) >= 11 is 0. The second-order valence-electron chi connectivity index (χ2n) is 5.73. The van der Waals surface area contributed by atoms with Gasteiger partial charge in [0.25, 0.3) is 0 Å². The topological polar surface area (TPSA) is 58.7 Å². The molecule has 2 atom stereocenters. The molecule has 0 spiro atoms. The van der Waals surface area contributed by atoms with Crippen molar-refractivity contribution in [3.05, 3.63) is 29.8 Å². The minimum Gasteiger partial charge on any atom is -0.368 e. The van der Waals surface area contributed by atoms with Gasteiger partial charge >= 0.3 is 0 Å². The van der Waals surface area contributed by atoms with E-state index in [-0.39, 0.29) is 12.2 Å². The molecule has 1 N–H and O–H groups in total. The molecule has 1 aromatic carbocycles. The van der Waals surface area contributed by atoms with Crippen LogP contribution in [0, 0.1) is 6.92 Å². The number of epoxide rings is 1. The van der Waals surface area contributed by atoms with Crippen LogP contribution in [0.3, 0.4) is 0 Å². The fourth-order valence-electron chi connectivity index (χ4n) is 2.38. The molecule has 1 fully saturated rings. The summed E-state index contributed by atoms with van der Waals surface area (Å²) in [5.74, 6) is 0. The van der Waals surface area contributed by atoms with E-state index in [4.69, 9.17) is 4.74 Å². The van der Waals surface area contributed by atoms with Gasteiger partial charge in [0, 0.05) is 6.54 Å². The van der Waals surface area contributed by atoms with E-state index in [1.54, 1.807) is 24.3 Å². The smallest absolute Gasteiger partial charge is 0.240 e. The van der Waals surface area contributed by atoms with E-state index in [1.807, 2.05) is 6.92 Å². The van der Waals surface area contributed by atoms with Crippen LogP contribution in [-0.2, 0) is 14.8 Å². The maximum atomic E-state index is 12.1. The first-order valence-electron chi connectivity index (χ1n) is 7.74. The van der Waals surface area contributed by atoms with Crippen molar-refractivity contribution in [2.45, 2.75) is 63.1 Å². The zero-order valence-corrected chi connectivity index (χ0v) is 13.7. The van der Waals surface area contributed by atoms with Gasteiger partial charge in [-0.15, -0.1) is 0 Å². The minimum atomic E-state index is -3.41. The van der Waals surface area contributed by atoms with Crippen molar-refractivity contribution in [1.29, 1.82) is 0 Å². The molecule has 0 aromatic heterocycles. The van der Waals surface area contributed by atoms with Crippen molar-refractivity contribution in [2.75, 3.05) is 6.54 Å². The van der Waals surface area contributed by atoms with Crippen LogP contribution in [0.1, 0.15) is 44.6 Å². The van der Waals surface area contributed by atoms with Gasteiger partial charge in [-0.2, -0.15) is 0 Å². The van der Waals surface area contributed by atoms with Gasteiger partial charge in [0.15, 0.2) is 0 Å². The van der Waals surface area contributed by atoms with E-state index >= 15 is 0 Å². The van der Waals surface area contributed by atoms with E-state index < -0.39 is 10.0 Å². The van der Waals surface area contributed by atoms with Crippen molar-refractivity contribution in [3.63, 3.8) is 0 Å². The van der Waals surface area contributed by atoms with Crippen molar-refractivity contribution in [3.8, 4) is 0 Å². The highest BCUT2D eigenvalue weighted by atomic mass is 32.2. The average molecular weight is 311 g/mol. The third kappa shape index (κ3) is 5.09. The van der Waals surface area contributed by atoms with Crippen molar-refractivity contribution >= 4 is 10.0 Å². The largest absolute Gasteiger partial charge is 0.368 e. The molecule has 1 heterocycles. The van der Waals surface area contributed by atoms with Crippen LogP contribution in [0.4, 0.5) is 0 Å². The van der Waals surface area contributed by atoms with Crippen molar-refractivity contribution in [1.82, 2.24) is 4.72 Å². The molecule has 0 saturated carbocycles. The molecule has 118 valence electrons. The third-order valence-corrected chi connectivity index (χ3v) is 5.28. The minimum absolute atomic E-state index is 0.0480. The number of nitrogens with one attached hydrogen (secondary N) is 1. The number of sulfonamides is 1. The summed E-state index contributed by atoms with van der Waals surface area (Å²) in [6, 6.07) is 6.87. The van der Waals surface area contributed by atoms with E-state index in [9.17, 15) is 8.42 Å². The molecule has 1 aromatic rings. The highest BCUT2D eigenvalue weighted by molar-refractivity contribution is 7.89. The quantitative estimate of drug-likeness (QED) is 0.563. The fourth-order valence-corrected chi connectivity index (χ4v) is 3.42. The molecule has 0 amide bonds. The van der Waals surface area contributed by atoms with Crippen LogP contribution >= 0.6 is 0 Å². The van der Waals surface area contributed by atoms with Crippen LogP contribution in [-0.4, -0.2) is 27.2 Å². The molecular weight excluding hydrogens is 286 g/mol. The Morgan fingerprint density at radius 2 is 1.81 bits per heavy atom. The number of unbranched alkanes of at least 4 members (excludes halogenated alkanes) is 3. The first-order chi connectivity index (χ1) is 10.0. The zero-order chi connectivity index (χ0) is 15.3. The van der Waals surface area contributed by atoms with Gasteiger partial charge < -0.3 is 4.74 Å². The van der Waals surface area contributed by atoms with E-state index in [0.717, 1.165) is 12.0 Å². The van der Waals surface area contributed by atoms with Crippen molar-refractivity contribution < 1.29 is 13.2 Å². The van der Waals surface area contributed by atoms with Gasteiger partial charge in [0.05, 0.1) is 17.1 Å². The van der Waals surface area contributed by atoms with Gasteiger partial charge in [-0.1, -0.05) is 50.3 Å². The van der Waals surface area contributed by atoms with E-state index in [2.05, 4.69) is 11.6 Å². The van der Waals surface area contributed by atoms with Gasteiger partial charge in [-0.3, -0.25) is 0 Å². The molecule has 1 saturated heterocycles. The van der Waals surface area contributed by atoms with Gasteiger partial charge in [0.2, 0.25) is 10.0 Å². The second-order valence-corrected chi connectivity index (χ2v) is 7.49. The molecule has 0 bridgehead atoms. The predicted molar refractivity (Wildman–Crippen MR) is 83.8 cm³/mol. The van der Waals surface area contributed by atoms with E-state index in [1.165, 1.54) is 25.7 Å². The summed E-state index contributed by atoms with van der Waals surface area (Å²) < 4.78 is 32.4. The van der Waals surface area contributed by atoms with Gasteiger partial charge in [-0.05, 0) is 25.5 Å². The summed E-state index contributed by atoms with van der Waals surface area (Å²) in [7, 11) is -3.41. The average Bonchev–Trinajstić information content (AvgIpc) is 3.21. The Morgan fingerprint density at radius 1 is 1.10 bits per heavy atom. The second kappa shape index (κ2) is 7.38. The van der Waals surface area contributed by atoms with Crippen LogP contribution in [0.25, 0.3) is 0 Å². The Labute approximate surface area is 127 Å². The van der Waals surface area contributed by atoms with Crippen LogP contribution in [0.15, 0.2) is 29.2 Å². The lowest BCUT2D eigenvalue weighted by Gasteiger charge is -2.05. The van der Waals surface area contributed by atoms with Crippen molar-refractivity contribution in [2.24, 2.45) is 0 Å². The molecule has 5 heteroatoms. The maximum Gasteiger partial charge on any atom is 0.240 e. The number of ether oxygens (including phenoxy) is 1. The van der Waals surface area contributed by atoms with Crippen LogP contribution in [0.5, 0.6) is 0 Å². The molecule has 21 heavy (non-hydrogen) atoms. The molecular formula is C16H25NO3S. The SMILES string of the molecule is CCCCCCC1OC1CNS(=O)(=O)c1ccc(C)cc1. The number of hydrogen-bond acceptors (Lipinski definition) is 3. The number of benzene rings is 1. The standard InChI is InChI=1S/C16H25NO3S/c1-3-4-5-6-7-15-16(20-15)12-17-21(18,19)14-10-8-13(2)9-11-14/h8-11,15-17H,3-7,12H2,1-2H3. The number of aryl methyl sites for hydroxylation is 1. The summed E-state index contributed by atoms with van der Waals surface area (Å²) in [5, 5.41) is 0. The zero-order valence-electron chi connectivity index (χ0n) is 12.8. The predicted octanol–water partition coefficient (Wildman–Crippen LogP) is 3.01. The highest BCUT2D eigenvalue weighted by Gasteiger charge is 2.38. The summed E-state index contributed by atoms with van der Waals surface area (Å²) in [6.07, 6.45) is 6.21. The summed E-state index contributed by atoms with van der Waals surface area (Å²) in [5.41, 5.74) is 1.05. The summed E-state index contributed by atoms with van der Waals surface area (Å²) in [6.45, 7) is 4.50. The molecule has 0 radical (unpaired) electrons. The Bertz CT molecular complexity index is 539. The highest BCUT2D eigenvalue weighted by Crippen LogP contribution is 2.27. The lowest BCUT2D eigenvalue weighted by Crippen LogP contribution is -2.28. The Balaban J connectivity index is 1.72. The molecule has 4 nitrogen and oxygen atoms in total. The van der Waals surface area contributed by atoms with Crippen LogP contribution in [0.2, 0.25) is 0 Å². The molecule has 2 unspecified atom stereocenters. The molecule has 1 aliphatic heterocycles. The fraction of sp³-hybridized carbons (Fsp3) is 0.625. The molecule has 1 aliphatic rings. The summed E-state index contributed by atoms with van der Waals surface area (Å²) in [4.78, 5) is 0.313. The lowest BCUT2D eigenvalue weighted by molar-refractivity contribution is 0.357. The first kappa shape index (κ1) is 16.5. The normalized spacial score (nSPS) is 21.4. The molecule has 2 rings (SSSR count). The number of rotatable bonds is 9. The molecule has 0 aliphatic carbocycles. The van der Waals surface area contributed by atoms with E-state index in [0.29, 0.717) is 11.4 Å². The maximum absolute atomic E-state index is 12.1. The first-order valence-corrected chi connectivity index (χ1v) is 9.23. The Hall–Kier alpha value is -0.910.